The summed E-state index contributed by atoms with van der Waals surface area (Å²) < 4.78 is 0. The molecule has 2 N–H and O–H groups in total. The number of nitrogens with one attached hydrogen (secondary N) is 2. The van der Waals surface area contributed by atoms with Gasteiger partial charge in [-0.05, 0) is 36.7 Å². The second kappa shape index (κ2) is 8.70. The van der Waals surface area contributed by atoms with Crippen molar-refractivity contribution in [1.82, 2.24) is 10.6 Å². The molecule has 23 heavy (non-hydrogen) atoms. The monoisotopic (exact) mass is 330 g/mol. The Bertz CT molecular complexity index is 613. The van der Waals surface area contributed by atoms with Gasteiger partial charge in [-0.2, -0.15) is 0 Å². The lowest BCUT2D eigenvalue weighted by atomic mass is 9.98. The van der Waals surface area contributed by atoms with Crippen molar-refractivity contribution in [2.75, 3.05) is 13.6 Å². The fourth-order valence-electron chi connectivity index (χ4n) is 2.51. The molecular weight excluding hydrogens is 308 g/mol. The Hall–Kier alpha value is -1.84. The Morgan fingerprint density at radius 3 is 2.35 bits per heavy atom. The van der Waals surface area contributed by atoms with Gasteiger partial charge in [-0.25, -0.2) is 0 Å². The number of carbonyl (C=O) groups excluding carboxylic acids is 1. The largest absolute Gasteiger partial charge is 0.349 e. The molecule has 122 valence electrons. The number of hydrogen-bond donors (Lipinski definition) is 2. The molecule has 0 aliphatic heterocycles. The smallest absolute Gasteiger partial charge is 0.224 e. The zero-order valence-electron chi connectivity index (χ0n) is 13.6. The normalized spacial score (nSPS) is 13.3. The third kappa shape index (κ3) is 5.38. The van der Waals surface area contributed by atoms with Gasteiger partial charge in [-0.1, -0.05) is 61.0 Å². The summed E-state index contributed by atoms with van der Waals surface area (Å²) in [5, 5.41) is 6.93. The summed E-state index contributed by atoms with van der Waals surface area (Å²) in [6.07, 6.45) is 0.735. The molecule has 0 radical (unpaired) electrons. The predicted molar refractivity (Wildman–Crippen MR) is 95.6 cm³/mol. The van der Waals surface area contributed by atoms with E-state index in [4.69, 9.17) is 11.6 Å². The molecule has 0 aliphatic rings. The lowest BCUT2D eigenvalue weighted by molar-refractivity contribution is -0.125. The van der Waals surface area contributed by atoms with Crippen molar-refractivity contribution in [2.24, 2.45) is 5.92 Å². The maximum Gasteiger partial charge on any atom is 0.224 e. The number of benzene rings is 2. The van der Waals surface area contributed by atoms with Gasteiger partial charge in [0, 0.05) is 17.5 Å². The van der Waals surface area contributed by atoms with Gasteiger partial charge in [0.1, 0.15) is 0 Å². The van der Waals surface area contributed by atoms with Gasteiger partial charge in [-0.15, -0.1) is 0 Å². The molecular formula is C19H23ClN2O. The molecule has 0 aliphatic carbocycles. The Balaban J connectivity index is 2.15. The summed E-state index contributed by atoms with van der Waals surface area (Å²) in [6.45, 7) is 2.59. The van der Waals surface area contributed by atoms with Gasteiger partial charge in [0.05, 0.1) is 6.04 Å². The van der Waals surface area contributed by atoms with E-state index in [1.165, 1.54) is 0 Å². The van der Waals surface area contributed by atoms with Crippen molar-refractivity contribution in [2.45, 2.75) is 19.4 Å². The summed E-state index contributed by atoms with van der Waals surface area (Å²) in [6, 6.07) is 17.8. The standard InChI is InChI=1S/C19H23ClN2O/c1-14(13-21-2)19(23)22-18(16-6-4-3-5-7-16)12-15-8-10-17(20)11-9-15/h3-11,14,18,21H,12-13H2,1-2H3,(H,22,23). The van der Waals surface area contributed by atoms with E-state index in [1.807, 2.05) is 68.6 Å². The van der Waals surface area contributed by atoms with Crippen LogP contribution < -0.4 is 10.6 Å². The summed E-state index contributed by atoms with van der Waals surface area (Å²) in [4.78, 5) is 12.4. The zero-order chi connectivity index (χ0) is 16.7. The fourth-order valence-corrected chi connectivity index (χ4v) is 2.63. The van der Waals surface area contributed by atoms with Crippen LogP contribution in [0.1, 0.15) is 24.1 Å². The van der Waals surface area contributed by atoms with E-state index in [9.17, 15) is 4.79 Å². The van der Waals surface area contributed by atoms with Crippen molar-refractivity contribution in [3.8, 4) is 0 Å². The van der Waals surface area contributed by atoms with Crippen LogP contribution in [-0.2, 0) is 11.2 Å². The van der Waals surface area contributed by atoms with Crippen LogP contribution in [-0.4, -0.2) is 19.5 Å². The van der Waals surface area contributed by atoms with E-state index in [0.717, 1.165) is 22.6 Å². The molecule has 2 rings (SSSR count). The SMILES string of the molecule is CNCC(C)C(=O)NC(Cc1ccc(Cl)cc1)c1ccccc1. The highest BCUT2D eigenvalue weighted by Gasteiger charge is 2.19. The van der Waals surface area contributed by atoms with Crippen LogP contribution in [0, 0.1) is 5.92 Å². The zero-order valence-corrected chi connectivity index (χ0v) is 14.3. The molecule has 2 unspecified atom stereocenters. The molecule has 1 amide bonds. The first-order chi connectivity index (χ1) is 11.1. The predicted octanol–water partition coefficient (Wildman–Crippen LogP) is 3.60. The Morgan fingerprint density at radius 2 is 1.74 bits per heavy atom. The van der Waals surface area contributed by atoms with Crippen LogP contribution in [0.5, 0.6) is 0 Å². The molecule has 0 spiro atoms. The molecule has 2 aromatic rings. The van der Waals surface area contributed by atoms with E-state index >= 15 is 0 Å². The van der Waals surface area contributed by atoms with Crippen molar-refractivity contribution >= 4 is 17.5 Å². The maximum atomic E-state index is 12.4. The van der Waals surface area contributed by atoms with Crippen molar-refractivity contribution in [1.29, 1.82) is 0 Å². The van der Waals surface area contributed by atoms with Crippen molar-refractivity contribution in [3.63, 3.8) is 0 Å². The molecule has 0 bridgehead atoms. The first-order valence-electron chi connectivity index (χ1n) is 7.84. The van der Waals surface area contributed by atoms with Crippen LogP contribution in [0.2, 0.25) is 5.02 Å². The molecule has 0 aromatic heterocycles. The topological polar surface area (TPSA) is 41.1 Å². The first kappa shape index (κ1) is 17.5. The number of amides is 1. The number of halogens is 1. The molecule has 4 heteroatoms. The van der Waals surface area contributed by atoms with E-state index in [2.05, 4.69) is 10.6 Å². The quantitative estimate of drug-likeness (QED) is 0.814. The van der Waals surface area contributed by atoms with E-state index in [0.29, 0.717) is 6.54 Å². The average Bonchev–Trinajstić information content (AvgIpc) is 2.57. The Kier molecular flexibility index (Phi) is 6.63. The third-order valence-electron chi connectivity index (χ3n) is 3.83. The van der Waals surface area contributed by atoms with Gasteiger partial charge >= 0.3 is 0 Å². The Labute approximate surface area is 143 Å². The third-order valence-corrected chi connectivity index (χ3v) is 4.08. The molecule has 0 saturated carbocycles. The van der Waals surface area contributed by atoms with E-state index in [1.54, 1.807) is 0 Å². The van der Waals surface area contributed by atoms with Gasteiger partial charge in [0.2, 0.25) is 5.91 Å². The van der Waals surface area contributed by atoms with Crippen LogP contribution in [0.4, 0.5) is 0 Å². The minimum Gasteiger partial charge on any atom is -0.349 e. The van der Waals surface area contributed by atoms with Crippen molar-refractivity contribution < 1.29 is 4.79 Å². The van der Waals surface area contributed by atoms with Crippen LogP contribution in [0.15, 0.2) is 54.6 Å². The molecule has 3 nitrogen and oxygen atoms in total. The van der Waals surface area contributed by atoms with Gasteiger partial charge in [0.25, 0.3) is 0 Å². The number of rotatable bonds is 7. The molecule has 0 fully saturated rings. The maximum absolute atomic E-state index is 12.4. The van der Waals surface area contributed by atoms with Gasteiger partial charge in [-0.3, -0.25) is 4.79 Å². The summed E-state index contributed by atoms with van der Waals surface area (Å²) in [5.41, 5.74) is 2.25. The van der Waals surface area contributed by atoms with Crippen LogP contribution in [0.25, 0.3) is 0 Å². The van der Waals surface area contributed by atoms with Gasteiger partial charge in [0.15, 0.2) is 0 Å². The van der Waals surface area contributed by atoms with Crippen LogP contribution >= 0.6 is 11.6 Å². The lowest BCUT2D eigenvalue weighted by Crippen LogP contribution is -2.37. The second-order valence-corrected chi connectivity index (χ2v) is 6.20. The van der Waals surface area contributed by atoms with E-state index in [-0.39, 0.29) is 17.9 Å². The highest BCUT2D eigenvalue weighted by Crippen LogP contribution is 2.20. The van der Waals surface area contributed by atoms with Crippen LogP contribution in [0.3, 0.4) is 0 Å². The average molecular weight is 331 g/mol. The first-order valence-corrected chi connectivity index (χ1v) is 8.22. The molecule has 0 heterocycles. The lowest BCUT2D eigenvalue weighted by Gasteiger charge is -2.22. The number of hydrogen-bond acceptors (Lipinski definition) is 2. The second-order valence-electron chi connectivity index (χ2n) is 5.76. The van der Waals surface area contributed by atoms with Gasteiger partial charge < -0.3 is 10.6 Å². The molecule has 2 atom stereocenters. The molecule has 0 saturated heterocycles. The Morgan fingerprint density at radius 1 is 1.09 bits per heavy atom. The van der Waals surface area contributed by atoms with Crippen molar-refractivity contribution in [3.05, 3.63) is 70.7 Å². The highest BCUT2D eigenvalue weighted by molar-refractivity contribution is 6.30. The minimum absolute atomic E-state index is 0.0517. The summed E-state index contributed by atoms with van der Waals surface area (Å²) >= 11 is 5.95. The van der Waals surface area contributed by atoms with E-state index < -0.39 is 0 Å². The summed E-state index contributed by atoms with van der Waals surface area (Å²) in [7, 11) is 1.85. The number of carbonyl (C=O) groups is 1. The highest BCUT2D eigenvalue weighted by atomic mass is 35.5. The minimum atomic E-state index is -0.0727. The molecule has 2 aromatic carbocycles. The summed E-state index contributed by atoms with van der Waals surface area (Å²) in [5.74, 6) is -0.0152. The fraction of sp³-hybridized carbons (Fsp3) is 0.316.